The quantitative estimate of drug-likeness (QED) is 0.598. The number of benzene rings is 2. The van der Waals surface area contributed by atoms with E-state index in [0.29, 0.717) is 5.56 Å². The molecule has 2 radical (unpaired) electrons. The average Bonchev–Trinajstić information content (AvgIpc) is 2.49. The van der Waals surface area contributed by atoms with Crippen LogP contribution in [0.15, 0.2) is 48.5 Å². The zero-order valence-electron chi connectivity index (χ0n) is 11.2. The topological polar surface area (TPSA) is 61.4 Å². The van der Waals surface area contributed by atoms with Crippen molar-refractivity contribution in [2.45, 2.75) is 11.1 Å². The molecule has 1 amide bonds. The first-order chi connectivity index (χ1) is 9.74. The van der Waals surface area contributed by atoms with E-state index in [4.69, 9.17) is 5.11 Å². The standard InChI is InChI=1S/C14H13N2O2.CH3.Pb/c15-12-3-1-2-4-13(12)16-14(18)11-7-5-10(9-17)6-8-11;;/h1-8,15,17H,9H2,(H,16,18);1H3;/q-1;;+1. The van der Waals surface area contributed by atoms with Crippen LogP contribution < -0.4 is 8.44 Å². The molecule has 2 aromatic rings. The third-order valence-corrected chi connectivity index (χ3v) is 4.85. The fourth-order valence-electron chi connectivity index (χ4n) is 1.79. The Bertz CT molecular complexity index is 585. The van der Waals surface area contributed by atoms with Gasteiger partial charge in [0.1, 0.15) is 0 Å². The van der Waals surface area contributed by atoms with Gasteiger partial charge in [0.05, 0.1) is 0 Å². The summed E-state index contributed by atoms with van der Waals surface area (Å²) >= 11 is -0.792. The molecule has 0 unspecified atom stereocenters. The summed E-state index contributed by atoms with van der Waals surface area (Å²) in [5.74, 6) is -0.145. The molecule has 0 fully saturated rings. The van der Waals surface area contributed by atoms with Gasteiger partial charge in [0.2, 0.25) is 0 Å². The van der Waals surface area contributed by atoms with E-state index >= 15 is 0 Å². The number of aliphatic hydroxyl groups is 1. The van der Waals surface area contributed by atoms with Crippen molar-refractivity contribution in [2.24, 2.45) is 0 Å². The first kappa shape index (κ1) is 15.0. The molecule has 0 aliphatic heterocycles. The van der Waals surface area contributed by atoms with Crippen molar-refractivity contribution in [3.8, 4) is 0 Å². The molecule has 3 N–H and O–H groups in total. The maximum absolute atomic E-state index is 12.2. The second-order valence-corrected chi connectivity index (χ2v) is 7.15. The van der Waals surface area contributed by atoms with E-state index in [2.05, 4.69) is 12.9 Å². The molecule has 2 aromatic carbocycles. The molecule has 2 rings (SSSR count). The Morgan fingerprint density at radius 1 is 1.10 bits per heavy atom. The van der Waals surface area contributed by atoms with Gasteiger partial charge in [-0.05, 0) is 0 Å². The molecule has 5 heteroatoms. The number of carbonyl (C=O) groups is 1. The normalized spacial score (nSPS) is 10.1. The van der Waals surface area contributed by atoms with Crippen LogP contribution in [0.1, 0.15) is 15.9 Å². The molecule has 0 aromatic heterocycles. The minimum absolute atomic E-state index is 0.0162. The van der Waals surface area contributed by atoms with Crippen molar-refractivity contribution in [1.82, 2.24) is 0 Å². The van der Waals surface area contributed by atoms with E-state index in [1.807, 2.05) is 24.3 Å². The van der Waals surface area contributed by atoms with Crippen LogP contribution in [-0.2, 0) is 6.61 Å². The van der Waals surface area contributed by atoms with E-state index in [1.165, 1.54) is 0 Å². The molecule has 0 saturated heterocycles. The van der Waals surface area contributed by atoms with Crippen LogP contribution >= 0.6 is 0 Å². The Morgan fingerprint density at radius 3 is 2.35 bits per heavy atom. The molecule has 0 spiro atoms. The van der Waals surface area contributed by atoms with Crippen molar-refractivity contribution >= 4 is 41.8 Å². The van der Waals surface area contributed by atoms with Crippen LogP contribution in [-0.4, -0.2) is 35.5 Å². The fraction of sp³-hybridized carbons (Fsp3) is 0.133. The average molecular weight is 464 g/mol. The van der Waals surface area contributed by atoms with Gasteiger partial charge in [-0.1, -0.05) is 0 Å². The Balaban J connectivity index is 2.14. The van der Waals surface area contributed by atoms with Crippen molar-refractivity contribution in [3.63, 3.8) is 0 Å². The molecule has 20 heavy (non-hydrogen) atoms. The van der Waals surface area contributed by atoms with Gasteiger partial charge in [-0.15, -0.1) is 0 Å². The number of aliphatic hydroxyl groups excluding tert-OH is 1. The molecule has 0 aliphatic rings. The zero-order chi connectivity index (χ0) is 14.4. The van der Waals surface area contributed by atoms with Gasteiger partial charge in [0.15, 0.2) is 0 Å². The summed E-state index contributed by atoms with van der Waals surface area (Å²) in [6.07, 6.45) is 0. The summed E-state index contributed by atoms with van der Waals surface area (Å²) in [4.78, 5) is 12.2. The molecule has 0 heterocycles. The van der Waals surface area contributed by atoms with E-state index in [0.717, 1.165) is 16.9 Å². The third kappa shape index (κ3) is 3.80. The van der Waals surface area contributed by atoms with E-state index in [-0.39, 0.29) is 12.5 Å². The summed E-state index contributed by atoms with van der Waals surface area (Å²) in [6.45, 7) is -0.0162. The molecule has 0 atom stereocenters. The molecule has 102 valence electrons. The van der Waals surface area contributed by atoms with Gasteiger partial charge in [-0.3, -0.25) is 0 Å². The predicted molar refractivity (Wildman–Crippen MR) is 82.0 cm³/mol. The Kier molecular flexibility index (Phi) is 5.54. The molecular weight excluding hydrogens is 447 g/mol. The van der Waals surface area contributed by atoms with Gasteiger partial charge in [0.25, 0.3) is 0 Å². The Labute approximate surface area is 130 Å². The number of anilines is 2. The summed E-state index contributed by atoms with van der Waals surface area (Å²) in [7, 11) is 0. The van der Waals surface area contributed by atoms with Crippen LogP contribution in [0.3, 0.4) is 0 Å². The van der Waals surface area contributed by atoms with Crippen LogP contribution in [0.4, 0.5) is 11.4 Å². The number of hydrogen-bond acceptors (Lipinski definition) is 3. The van der Waals surface area contributed by atoms with E-state index in [9.17, 15) is 4.79 Å². The first-order valence-corrected chi connectivity index (χ1v) is 12.1. The van der Waals surface area contributed by atoms with Gasteiger partial charge < -0.3 is 0 Å². The number of nitrogens with one attached hydrogen (secondary N) is 2. The zero-order valence-corrected chi connectivity index (χ0v) is 15.1. The second-order valence-electron chi connectivity index (χ2n) is 4.23. The number of hydrogen-bond donors (Lipinski definition) is 3. The van der Waals surface area contributed by atoms with Crippen LogP contribution in [0.5, 0.6) is 0 Å². The Hall–Kier alpha value is -1.41. The van der Waals surface area contributed by atoms with Crippen molar-refractivity contribution < 1.29 is 9.90 Å². The minimum atomic E-state index is -0.792. The summed E-state index contributed by atoms with van der Waals surface area (Å²) in [5, 5.41) is 11.9. The first-order valence-electron chi connectivity index (χ1n) is 6.27. The van der Waals surface area contributed by atoms with Crippen LogP contribution in [0, 0.1) is 0 Å². The number of para-hydroxylation sites is 2. The van der Waals surface area contributed by atoms with Gasteiger partial charge in [-0.25, -0.2) is 0 Å². The van der Waals surface area contributed by atoms with Crippen molar-refractivity contribution in [2.75, 3.05) is 8.44 Å². The summed E-state index contributed by atoms with van der Waals surface area (Å²) < 4.78 is 5.60. The molecule has 0 aliphatic carbocycles. The second kappa shape index (κ2) is 7.39. The maximum atomic E-state index is 12.2. The number of carbonyl (C=O) groups excluding carboxylic acids is 1. The molecule has 0 saturated carbocycles. The summed E-state index contributed by atoms with van der Waals surface area (Å²) in [5.41, 5.74) is 3.16. The van der Waals surface area contributed by atoms with E-state index in [1.54, 1.807) is 24.3 Å². The number of rotatable bonds is 5. The van der Waals surface area contributed by atoms with Crippen molar-refractivity contribution in [3.05, 3.63) is 59.7 Å². The monoisotopic (exact) mass is 464 g/mol. The molecular formula is C15H16N2O2Pb. The Morgan fingerprint density at radius 2 is 1.75 bits per heavy atom. The summed E-state index contributed by atoms with van der Waals surface area (Å²) in [6, 6.07) is 14.7. The van der Waals surface area contributed by atoms with Gasteiger partial charge in [-0.2, -0.15) is 0 Å². The number of amides is 1. The predicted octanol–water partition coefficient (Wildman–Crippen LogP) is 2.51. The van der Waals surface area contributed by atoms with Gasteiger partial charge in [0, 0.05) is 0 Å². The SMILES string of the molecule is [CH3][Pb][NH]c1ccccc1NC(=O)c1ccc(CO)cc1. The molecule has 0 bridgehead atoms. The molecule has 4 nitrogen and oxygen atoms in total. The van der Waals surface area contributed by atoms with Crippen molar-refractivity contribution in [1.29, 1.82) is 0 Å². The third-order valence-electron chi connectivity index (χ3n) is 2.83. The van der Waals surface area contributed by atoms with E-state index < -0.39 is 24.5 Å². The van der Waals surface area contributed by atoms with Crippen LogP contribution in [0.25, 0.3) is 0 Å². The van der Waals surface area contributed by atoms with Gasteiger partial charge >= 0.3 is 131 Å². The fourth-order valence-corrected chi connectivity index (χ4v) is 3.69. The van der Waals surface area contributed by atoms with Crippen LogP contribution in [0.2, 0.25) is 4.48 Å².